The SMILES string of the molecule is Nc1nc(O)c(CCCCCCC(=O)O)c(=O)[nH]1. The lowest BCUT2D eigenvalue weighted by Crippen LogP contribution is -2.16. The molecule has 0 saturated heterocycles. The van der Waals surface area contributed by atoms with Crippen molar-refractivity contribution in [2.24, 2.45) is 0 Å². The van der Waals surface area contributed by atoms with E-state index in [2.05, 4.69) is 9.97 Å². The molecule has 7 nitrogen and oxygen atoms in total. The van der Waals surface area contributed by atoms with Crippen LogP contribution in [-0.2, 0) is 11.2 Å². The number of aliphatic carboxylic acids is 1. The summed E-state index contributed by atoms with van der Waals surface area (Å²) in [5.41, 5.74) is 5.07. The number of nitrogens with one attached hydrogen (secondary N) is 1. The van der Waals surface area contributed by atoms with E-state index in [0.717, 1.165) is 12.8 Å². The number of carboxylic acid groups (broad SMARTS) is 1. The van der Waals surface area contributed by atoms with Gasteiger partial charge in [-0.15, -0.1) is 0 Å². The number of carboxylic acids is 1. The average Bonchev–Trinajstić information content (AvgIpc) is 2.25. The lowest BCUT2D eigenvalue weighted by Gasteiger charge is -2.03. The Morgan fingerprint density at radius 2 is 1.94 bits per heavy atom. The number of unbranched alkanes of at least 4 members (excludes halogenated alkanes) is 3. The lowest BCUT2D eigenvalue weighted by atomic mass is 10.1. The number of hydrogen-bond acceptors (Lipinski definition) is 5. The highest BCUT2D eigenvalue weighted by molar-refractivity contribution is 5.66. The second-order valence-electron chi connectivity index (χ2n) is 4.06. The lowest BCUT2D eigenvalue weighted by molar-refractivity contribution is -0.137. The van der Waals surface area contributed by atoms with Crippen LogP contribution >= 0.6 is 0 Å². The fraction of sp³-hybridized carbons (Fsp3) is 0.545. The van der Waals surface area contributed by atoms with Crippen LogP contribution in [-0.4, -0.2) is 26.2 Å². The van der Waals surface area contributed by atoms with Crippen molar-refractivity contribution in [3.63, 3.8) is 0 Å². The van der Waals surface area contributed by atoms with Gasteiger partial charge in [-0.2, -0.15) is 4.98 Å². The smallest absolute Gasteiger partial charge is 0.303 e. The molecule has 1 aromatic heterocycles. The summed E-state index contributed by atoms with van der Waals surface area (Å²) in [7, 11) is 0. The highest BCUT2D eigenvalue weighted by atomic mass is 16.4. The fourth-order valence-corrected chi connectivity index (χ4v) is 1.66. The van der Waals surface area contributed by atoms with Gasteiger partial charge in [-0.1, -0.05) is 12.8 Å². The van der Waals surface area contributed by atoms with Gasteiger partial charge >= 0.3 is 5.97 Å². The Balaban J connectivity index is 2.36. The van der Waals surface area contributed by atoms with E-state index in [1.807, 2.05) is 0 Å². The second kappa shape index (κ2) is 6.63. The minimum atomic E-state index is -0.799. The van der Waals surface area contributed by atoms with Crippen molar-refractivity contribution in [3.05, 3.63) is 15.9 Å². The molecule has 5 N–H and O–H groups in total. The summed E-state index contributed by atoms with van der Waals surface area (Å²) < 4.78 is 0. The number of anilines is 1. The average molecular weight is 255 g/mol. The highest BCUT2D eigenvalue weighted by Crippen LogP contribution is 2.13. The Kier molecular flexibility index (Phi) is 5.16. The molecule has 0 saturated carbocycles. The van der Waals surface area contributed by atoms with Gasteiger partial charge in [0.2, 0.25) is 11.8 Å². The molecular formula is C11H17N3O4. The van der Waals surface area contributed by atoms with Crippen molar-refractivity contribution in [1.82, 2.24) is 9.97 Å². The van der Waals surface area contributed by atoms with Crippen molar-refractivity contribution >= 4 is 11.9 Å². The number of aromatic amines is 1. The predicted molar refractivity (Wildman–Crippen MR) is 65.4 cm³/mol. The standard InChI is InChI=1S/C11H17N3O4/c12-11-13-9(17)7(10(18)14-11)5-3-1-2-4-6-8(15)16/h1-6H2,(H,15,16)(H4,12,13,14,17,18). The van der Waals surface area contributed by atoms with Gasteiger partial charge in [0.15, 0.2) is 0 Å². The van der Waals surface area contributed by atoms with E-state index in [4.69, 9.17) is 10.8 Å². The first kappa shape index (κ1) is 14.0. The molecule has 0 atom stereocenters. The van der Waals surface area contributed by atoms with Crippen molar-refractivity contribution in [2.45, 2.75) is 38.5 Å². The van der Waals surface area contributed by atoms with Crippen LogP contribution in [0.15, 0.2) is 4.79 Å². The van der Waals surface area contributed by atoms with Crippen molar-refractivity contribution in [2.75, 3.05) is 5.73 Å². The van der Waals surface area contributed by atoms with E-state index in [1.54, 1.807) is 0 Å². The molecule has 1 aromatic rings. The maximum atomic E-state index is 11.5. The number of nitrogen functional groups attached to an aromatic ring is 1. The van der Waals surface area contributed by atoms with E-state index < -0.39 is 11.5 Å². The summed E-state index contributed by atoms with van der Waals surface area (Å²) in [4.78, 5) is 27.6. The predicted octanol–water partition coefficient (Wildman–Crippen LogP) is 0.635. The van der Waals surface area contributed by atoms with Crippen LogP contribution in [0.25, 0.3) is 0 Å². The molecule has 0 radical (unpaired) electrons. The third-order valence-corrected chi connectivity index (χ3v) is 2.58. The molecule has 1 rings (SSSR count). The number of carbonyl (C=O) groups is 1. The Labute approximate surface area is 104 Å². The summed E-state index contributed by atoms with van der Waals surface area (Å²) in [6.45, 7) is 0. The molecule has 0 spiro atoms. The molecule has 0 aliphatic carbocycles. The van der Waals surface area contributed by atoms with E-state index in [9.17, 15) is 14.7 Å². The van der Waals surface area contributed by atoms with E-state index in [-0.39, 0.29) is 23.8 Å². The number of nitrogens with two attached hydrogens (primary N) is 1. The number of H-pyrrole nitrogens is 1. The summed E-state index contributed by atoms with van der Waals surface area (Å²) in [5.74, 6) is -1.24. The molecule has 0 aliphatic rings. The molecular weight excluding hydrogens is 238 g/mol. The van der Waals surface area contributed by atoms with Crippen molar-refractivity contribution in [1.29, 1.82) is 0 Å². The maximum absolute atomic E-state index is 11.5. The first-order chi connectivity index (χ1) is 8.50. The molecule has 0 amide bonds. The van der Waals surface area contributed by atoms with Gasteiger partial charge < -0.3 is 15.9 Å². The largest absolute Gasteiger partial charge is 0.493 e. The van der Waals surface area contributed by atoms with E-state index in [0.29, 0.717) is 19.3 Å². The van der Waals surface area contributed by atoms with Crippen LogP contribution in [0.4, 0.5) is 5.95 Å². The van der Waals surface area contributed by atoms with Gasteiger partial charge in [-0.05, 0) is 19.3 Å². The Morgan fingerprint density at radius 1 is 1.28 bits per heavy atom. The molecule has 0 fully saturated rings. The topological polar surface area (TPSA) is 129 Å². The number of rotatable bonds is 7. The van der Waals surface area contributed by atoms with Crippen LogP contribution in [0, 0.1) is 0 Å². The van der Waals surface area contributed by atoms with E-state index in [1.165, 1.54) is 0 Å². The Morgan fingerprint density at radius 3 is 2.56 bits per heavy atom. The van der Waals surface area contributed by atoms with Crippen molar-refractivity contribution < 1.29 is 15.0 Å². The van der Waals surface area contributed by atoms with Gasteiger partial charge in [0.05, 0.1) is 5.56 Å². The fourth-order valence-electron chi connectivity index (χ4n) is 1.66. The number of aromatic nitrogens is 2. The van der Waals surface area contributed by atoms with Crippen LogP contribution in [0.1, 0.15) is 37.7 Å². The maximum Gasteiger partial charge on any atom is 0.303 e. The van der Waals surface area contributed by atoms with E-state index >= 15 is 0 Å². The van der Waals surface area contributed by atoms with Gasteiger partial charge in [0.25, 0.3) is 5.56 Å². The summed E-state index contributed by atoms with van der Waals surface area (Å²) >= 11 is 0. The van der Waals surface area contributed by atoms with Gasteiger partial charge in [0.1, 0.15) is 0 Å². The minimum Gasteiger partial charge on any atom is -0.493 e. The number of aromatic hydroxyl groups is 1. The molecule has 100 valence electrons. The zero-order valence-electron chi connectivity index (χ0n) is 9.98. The van der Waals surface area contributed by atoms with Crippen LogP contribution in [0.5, 0.6) is 5.88 Å². The zero-order valence-corrected chi connectivity index (χ0v) is 9.98. The van der Waals surface area contributed by atoms with Crippen LogP contribution < -0.4 is 11.3 Å². The molecule has 1 heterocycles. The summed E-state index contributed by atoms with van der Waals surface area (Å²) in [6, 6.07) is 0. The highest BCUT2D eigenvalue weighted by Gasteiger charge is 2.08. The molecule has 0 aliphatic heterocycles. The second-order valence-corrected chi connectivity index (χ2v) is 4.06. The Hall–Kier alpha value is -2.05. The molecule has 0 unspecified atom stereocenters. The third-order valence-electron chi connectivity index (χ3n) is 2.58. The number of hydrogen-bond donors (Lipinski definition) is 4. The minimum absolute atomic E-state index is 0.109. The molecule has 18 heavy (non-hydrogen) atoms. The first-order valence-corrected chi connectivity index (χ1v) is 5.80. The van der Waals surface area contributed by atoms with Crippen LogP contribution in [0.3, 0.4) is 0 Å². The molecule has 0 bridgehead atoms. The van der Waals surface area contributed by atoms with Crippen molar-refractivity contribution in [3.8, 4) is 5.88 Å². The zero-order chi connectivity index (χ0) is 13.5. The van der Waals surface area contributed by atoms with Gasteiger partial charge in [0, 0.05) is 6.42 Å². The third kappa shape index (κ3) is 4.44. The summed E-state index contributed by atoms with van der Waals surface area (Å²) in [6.07, 6.45) is 3.47. The summed E-state index contributed by atoms with van der Waals surface area (Å²) in [5, 5.41) is 17.9. The normalized spacial score (nSPS) is 10.4. The number of nitrogens with zero attached hydrogens (tertiary/aromatic N) is 1. The molecule has 0 aromatic carbocycles. The Bertz CT molecular complexity index is 470. The quantitative estimate of drug-likeness (QED) is 0.529. The first-order valence-electron chi connectivity index (χ1n) is 5.80. The van der Waals surface area contributed by atoms with Gasteiger partial charge in [-0.25, -0.2) is 0 Å². The monoisotopic (exact) mass is 255 g/mol. The molecule has 7 heteroatoms. The van der Waals surface area contributed by atoms with Crippen LogP contribution in [0.2, 0.25) is 0 Å². The van der Waals surface area contributed by atoms with Gasteiger partial charge in [-0.3, -0.25) is 14.6 Å².